The third kappa shape index (κ3) is 11.4. The molecule has 2 aromatic rings. The maximum Gasteiger partial charge on any atom is 0.120 e. The average Bonchev–Trinajstić information content (AvgIpc) is 2.84. The lowest BCUT2D eigenvalue weighted by molar-refractivity contribution is 0.0629. The molecule has 0 aliphatic heterocycles. The van der Waals surface area contributed by atoms with Crippen molar-refractivity contribution in [1.82, 2.24) is 0 Å². The Morgan fingerprint density at radius 2 is 1.26 bits per heavy atom. The van der Waals surface area contributed by atoms with Crippen LogP contribution in [0.25, 0.3) is 0 Å². The Balaban J connectivity index is 2.05. The molecule has 3 unspecified atom stereocenters. The minimum absolute atomic E-state index is 0.232. The van der Waals surface area contributed by atoms with Gasteiger partial charge in [0.15, 0.2) is 0 Å². The van der Waals surface area contributed by atoms with Crippen LogP contribution in [0.3, 0.4) is 0 Å². The van der Waals surface area contributed by atoms with Crippen molar-refractivity contribution in [3.63, 3.8) is 0 Å². The normalized spacial score (nSPS) is 15.3. The van der Waals surface area contributed by atoms with E-state index in [1.807, 2.05) is 0 Å². The second-order valence-corrected chi connectivity index (χ2v) is 18.7. The van der Waals surface area contributed by atoms with Crippen LogP contribution in [0.2, 0.25) is 12.1 Å². The third-order valence-corrected chi connectivity index (χ3v) is 13.3. The largest absolute Gasteiger partial charge is 0.397 e. The van der Waals surface area contributed by atoms with Gasteiger partial charge in [0, 0.05) is 19.8 Å². The number of benzene rings is 2. The Labute approximate surface area is 236 Å². The lowest BCUT2D eigenvalue weighted by atomic mass is 9.76. The van der Waals surface area contributed by atoms with Crippen molar-refractivity contribution in [3.8, 4) is 0 Å². The quantitative estimate of drug-likeness (QED) is 0.172. The molecule has 0 saturated carbocycles. The zero-order valence-electron chi connectivity index (χ0n) is 25.9. The minimum atomic E-state index is -2.06. The molecule has 0 spiro atoms. The van der Waals surface area contributed by atoms with Gasteiger partial charge in [0.1, 0.15) is 8.07 Å². The smallest absolute Gasteiger partial charge is 0.120 e. The highest BCUT2D eigenvalue weighted by molar-refractivity contribution is 7.02. The average molecular weight is 539 g/mol. The van der Waals surface area contributed by atoms with Crippen LogP contribution in [0.5, 0.6) is 0 Å². The van der Waals surface area contributed by atoms with Crippen LogP contribution in [0.1, 0.15) is 87.5 Å². The van der Waals surface area contributed by atoms with Gasteiger partial charge in [-0.15, -0.1) is 0 Å². The molecule has 0 amide bonds. The third-order valence-electron chi connectivity index (χ3n) is 8.15. The first-order valence-corrected chi connectivity index (χ1v) is 17.6. The topological polar surface area (TPSA) is 29.5 Å². The summed E-state index contributed by atoms with van der Waals surface area (Å²) in [6.45, 7) is 20.9. The van der Waals surface area contributed by atoms with Crippen molar-refractivity contribution < 1.29 is 9.84 Å². The fourth-order valence-corrected chi connectivity index (χ4v) is 11.1. The first-order valence-electron chi connectivity index (χ1n) is 15.2. The Morgan fingerprint density at radius 1 is 0.737 bits per heavy atom. The van der Waals surface area contributed by atoms with Crippen LogP contribution in [0.15, 0.2) is 60.7 Å². The molecule has 0 aliphatic rings. The van der Waals surface area contributed by atoms with E-state index in [1.165, 1.54) is 36.1 Å². The predicted octanol–water partition coefficient (Wildman–Crippen LogP) is 8.19. The standard InChI is InChI=1S/C35H58O2Si/c1-29(26-34(3,4)5)20-21-31(30(2)27-35(6,7)8)28-37-23-15-24-38(25-22-36,32-16-11-9-12-17-32)33-18-13-10-14-19-33/h9-14,16-19,29-31,36H,15,20-28H2,1-8H3. The van der Waals surface area contributed by atoms with E-state index in [4.69, 9.17) is 4.74 Å². The summed E-state index contributed by atoms with van der Waals surface area (Å²) in [6, 6.07) is 23.9. The summed E-state index contributed by atoms with van der Waals surface area (Å²) in [5.41, 5.74) is 0.737. The molecule has 0 aromatic heterocycles. The summed E-state index contributed by atoms with van der Waals surface area (Å²) in [5.74, 6) is 2.02. The molecule has 0 fully saturated rings. The second-order valence-electron chi connectivity index (χ2n) is 14.4. The van der Waals surface area contributed by atoms with Gasteiger partial charge in [-0.05, 0) is 66.4 Å². The highest BCUT2D eigenvalue weighted by Crippen LogP contribution is 2.34. The highest BCUT2D eigenvalue weighted by atomic mass is 28.3. The summed E-state index contributed by atoms with van der Waals surface area (Å²) >= 11 is 0. The van der Waals surface area contributed by atoms with E-state index >= 15 is 0 Å². The van der Waals surface area contributed by atoms with E-state index in [0.717, 1.165) is 37.6 Å². The van der Waals surface area contributed by atoms with Gasteiger partial charge in [-0.3, -0.25) is 0 Å². The molecule has 2 rings (SSSR count). The predicted molar refractivity (Wildman–Crippen MR) is 169 cm³/mol. The summed E-state index contributed by atoms with van der Waals surface area (Å²) < 4.78 is 6.47. The Bertz CT molecular complexity index is 842. The van der Waals surface area contributed by atoms with Crippen LogP contribution >= 0.6 is 0 Å². The minimum Gasteiger partial charge on any atom is -0.397 e. The molecule has 0 aliphatic carbocycles. The van der Waals surface area contributed by atoms with Crippen molar-refractivity contribution in [1.29, 1.82) is 0 Å². The molecule has 0 saturated heterocycles. The molecule has 2 nitrogen and oxygen atoms in total. The van der Waals surface area contributed by atoms with Crippen molar-refractivity contribution in [3.05, 3.63) is 60.7 Å². The summed E-state index contributed by atoms with van der Waals surface area (Å²) in [7, 11) is -2.06. The van der Waals surface area contributed by atoms with E-state index in [2.05, 4.69) is 116 Å². The van der Waals surface area contributed by atoms with Gasteiger partial charge >= 0.3 is 0 Å². The van der Waals surface area contributed by atoms with Gasteiger partial charge < -0.3 is 9.84 Å². The van der Waals surface area contributed by atoms with E-state index in [1.54, 1.807) is 0 Å². The zero-order chi connectivity index (χ0) is 28.2. The lowest BCUT2D eigenvalue weighted by Gasteiger charge is -2.33. The van der Waals surface area contributed by atoms with E-state index < -0.39 is 8.07 Å². The molecule has 0 heterocycles. The van der Waals surface area contributed by atoms with Crippen LogP contribution in [-0.4, -0.2) is 33.0 Å². The Kier molecular flexibility index (Phi) is 13.3. The molecule has 214 valence electrons. The molecule has 3 atom stereocenters. The van der Waals surface area contributed by atoms with E-state index in [-0.39, 0.29) is 6.61 Å². The van der Waals surface area contributed by atoms with Gasteiger partial charge in [-0.25, -0.2) is 0 Å². The number of aliphatic hydroxyl groups is 1. The molecule has 1 N–H and O–H groups in total. The first kappa shape index (κ1) is 32.8. The SMILES string of the molecule is CC(CCC(COCCC[Si](CCO)(c1ccccc1)c1ccccc1)C(C)CC(C)(C)C)CC(C)(C)C. The maximum absolute atomic E-state index is 10.1. The molecule has 38 heavy (non-hydrogen) atoms. The zero-order valence-corrected chi connectivity index (χ0v) is 26.9. The van der Waals surface area contributed by atoms with Gasteiger partial charge in [0.05, 0.1) is 0 Å². The fraction of sp³-hybridized carbons (Fsp3) is 0.657. The molecule has 3 heteroatoms. The molecule has 2 aromatic carbocycles. The van der Waals surface area contributed by atoms with Crippen LogP contribution in [-0.2, 0) is 4.74 Å². The summed E-state index contributed by atoms with van der Waals surface area (Å²) in [6.07, 6.45) is 6.10. The molecular formula is C35H58O2Si. The number of aliphatic hydroxyl groups excluding tert-OH is 1. The maximum atomic E-state index is 10.1. The lowest BCUT2D eigenvalue weighted by Crippen LogP contribution is -2.58. The molecule has 0 radical (unpaired) electrons. The number of ether oxygens (including phenoxy) is 1. The van der Waals surface area contributed by atoms with Crippen molar-refractivity contribution in [2.24, 2.45) is 28.6 Å². The number of hydrogen-bond donors (Lipinski definition) is 1. The first-order chi connectivity index (χ1) is 17.9. The van der Waals surface area contributed by atoms with E-state index in [9.17, 15) is 5.11 Å². The van der Waals surface area contributed by atoms with Crippen LogP contribution in [0, 0.1) is 28.6 Å². The molecular weight excluding hydrogens is 480 g/mol. The van der Waals surface area contributed by atoms with Crippen LogP contribution < -0.4 is 10.4 Å². The van der Waals surface area contributed by atoms with Crippen molar-refractivity contribution >= 4 is 18.4 Å². The van der Waals surface area contributed by atoms with Crippen molar-refractivity contribution in [2.45, 2.75) is 99.6 Å². The summed E-state index contributed by atoms with van der Waals surface area (Å²) in [4.78, 5) is 0. The van der Waals surface area contributed by atoms with Crippen LogP contribution in [0.4, 0.5) is 0 Å². The van der Waals surface area contributed by atoms with Gasteiger partial charge in [-0.2, -0.15) is 0 Å². The number of rotatable bonds is 16. The van der Waals surface area contributed by atoms with Gasteiger partial charge in [0.25, 0.3) is 0 Å². The fourth-order valence-electron chi connectivity index (χ4n) is 6.60. The van der Waals surface area contributed by atoms with Gasteiger partial charge in [-0.1, -0.05) is 133 Å². The Hall–Kier alpha value is -1.42. The Morgan fingerprint density at radius 3 is 1.74 bits per heavy atom. The monoisotopic (exact) mass is 538 g/mol. The number of hydrogen-bond acceptors (Lipinski definition) is 2. The van der Waals surface area contributed by atoms with E-state index in [0.29, 0.717) is 22.7 Å². The summed E-state index contributed by atoms with van der Waals surface area (Å²) in [5, 5.41) is 13.0. The van der Waals surface area contributed by atoms with Gasteiger partial charge in [0.2, 0.25) is 0 Å². The molecule has 0 bridgehead atoms. The second kappa shape index (κ2) is 15.4. The highest BCUT2D eigenvalue weighted by Gasteiger charge is 2.36. The van der Waals surface area contributed by atoms with Crippen molar-refractivity contribution in [2.75, 3.05) is 19.8 Å².